The number of fused-ring (bicyclic) bond motifs is 1. The number of hydrogen-bond acceptors (Lipinski definition) is 3. The van der Waals surface area contributed by atoms with E-state index in [0.717, 1.165) is 43.7 Å². The van der Waals surface area contributed by atoms with Gasteiger partial charge in [0.25, 0.3) is 0 Å². The van der Waals surface area contributed by atoms with Crippen LogP contribution < -0.4 is 10.1 Å². The number of nitrogens with one attached hydrogen (secondary N) is 1. The molecule has 0 bridgehead atoms. The second-order valence-electron chi connectivity index (χ2n) is 6.10. The largest absolute Gasteiger partial charge is 0.487 e. The first-order valence-electron chi connectivity index (χ1n) is 7.51. The number of carbonyl (C=O) groups excluding carboxylic acids is 1. The quantitative estimate of drug-likeness (QED) is 0.848. The summed E-state index contributed by atoms with van der Waals surface area (Å²) < 4.78 is 6.35. The molecule has 1 amide bonds. The normalized spacial score (nSPS) is 24.0. The van der Waals surface area contributed by atoms with Crippen LogP contribution in [0.25, 0.3) is 0 Å². The van der Waals surface area contributed by atoms with Gasteiger partial charge in [0.05, 0.1) is 6.04 Å². The Morgan fingerprint density at radius 3 is 2.86 bits per heavy atom. The number of piperidine rings is 1. The lowest BCUT2D eigenvalue weighted by molar-refractivity contribution is -0.118. The van der Waals surface area contributed by atoms with Crippen molar-refractivity contribution < 1.29 is 9.53 Å². The van der Waals surface area contributed by atoms with Crippen LogP contribution in [-0.2, 0) is 4.79 Å². The number of carbonyl (C=O) groups is 1. The van der Waals surface area contributed by atoms with Crippen LogP contribution in [-0.4, -0.2) is 36.5 Å². The molecule has 4 nitrogen and oxygen atoms in total. The molecule has 0 aliphatic carbocycles. The molecule has 0 aromatic heterocycles. The molecular formula is C17H22N2O2. The first-order valence-corrected chi connectivity index (χ1v) is 7.51. The van der Waals surface area contributed by atoms with Crippen molar-refractivity contribution in [2.45, 2.75) is 30.9 Å². The zero-order valence-electron chi connectivity index (χ0n) is 12.5. The van der Waals surface area contributed by atoms with Crippen molar-refractivity contribution >= 4 is 5.91 Å². The van der Waals surface area contributed by atoms with E-state index in [1.807, 2.05) is 24.3 Å². The van der Waals surface area contributed by atoms with Gasteiger partial charge in [-0.3, -0.25) is 4.79 Å². The summed E-state index contributed by atoms with van der Waals surface area (Å²) in [4.78, 5) is 14.1. The number of likely N-dealkylation sites (tertiary alicyclic amines) is 1. The fourth-order valence-electron chi connectivity index (χ4n) is 3.31. The van der Waals surface area contributed by atoms with Crippen molar-refractivity contribution in [2.75, 3.05) is 20.1 Å². The van der Waals surface area contributed by atoms with Gasteiger partial charge in [0.15, 0.2) is 0 Å². The maximum Gasteiger partial charge on any atom is 0.243 e. The standard InChI is InChI=1S/C17H22N2O2/c1-3-16(20)18-14-12-17(8-10-19(2)11-9-17)21-15-7-5-4-6-13(14)15/h3-7,14H,1,8-12H2,2H3,(H,18,20). The van der Waals surface area contributed by atoms with Crippen molar-refractivity contribution in [3.63, 3.8) is 0 Å². The van der Waals surface area contributed by atoms with Gasteiger partial charge in [0.2, 0.25) is 5.91 Å². The van der Waals surface area contributed by atoms with Crippen LogP contribution in [0.1, 0.15) is 30.9 Å². The summed E-state index contributed by atoms with van der Waals surface area (Å²) in [5.41, 5.74) is 0.914. The third kappa shape index (κ3) is 2.81. The van der Waals surface area contributed by atoms with Crippen LogP contribution in [0.5, 0.6) is 5.75 Å². The zero-order chi connectivity index (χ0) is 14.9. The van der Waals surface area contributed by atoms with E-state index in [1.54, 1.807) is 0 Å². The Morgan fingerprint density at radius 2 is 2.14 bits per heavy atom. The summed E-state index contributed by atoms with van der Waals surface area (Å²) in [7, 11) is 2.14. The van der Waals surface area contributed by atoms with Crippen LogP contribution in [0, 0.1) is 0 Å². The lowest BCUT2D eigenvalue weighted by Crippen LogP contribution is -2.51. The second kappa shape index (κ2) is 5.53. The molecule has 2 aliphatic rings. The molecular weight excluding hydrogens is 264 g/mol. The van der Waals surface area contributed by atoms with Crippen LogP contribution >= 0.6 is 0 Å². The van der Waals surface area contributed by atoms with E-state index in [2.05, 4.69) is 23.8 Å². The number of hydrogen-bond donors (Lipinski definition) is 1. The molecule has 1 saturated heterocycles. The molecule has 1 aromatic rings. The van der Waals surface area contributed by atoms with Crippen molar-refractivity contribution in [1.29, 1.82) is 0 Å². The Balaban J connectivity index is 1.89. The Labute approximate surface area is 125 Å². The highest BCUT2D eigenvalue weighted by Crippen LogP contribution is 2.43. The molecule has 1 spiro atoms. The average molecular weight is 286 g/mol. The predicted molar refractivity (Wildman–Crippen MR) is 82.2 cm³/mol. The van der Waals surface area contributed by atoms with E-state index < -0.39 is 0 Å². The van der Waals surface area contributed by atoms with Crippen molar-refractivity contribution in [3.8, 4) is 5.75 Å². The molecule has 4 heteroatoms. The third-order valence-electron chi connectivity index (χ3n) is 4.60. The molecule has 1 atom stereocenters. The first kappa shape index (κ1) is 14.1. The van der Waals surface area contributed by atoms with E-state index >= 15 is 0 Å². The minimum atomic E-state index is -0.153. The lowest BCUT2D eigenvalue weighted by Gasteiger charge is -2.46. The number of ether oxygens (including phenoxy) is 1. The fourth-order valence-corrected chi connectivity index (χ4v) is 3.31. The zero-order valence-corrected chi connectivity index (χ0v) is 12.5. The van der Waals surface area contributed by atoms with Gasteiger partial charge in [0, 0.05) is 25.1 Å². The Morgan fingerprint density at radius 1 is 1.43 bits per heavy atom. The molecule has 0 saturated carbocycles. The highest BCUT2D eigenvalue weighted by molar-refractivity contribution is 5.87. The summed E-state index contributed by atoms with van der Waals surface area (Å²) in [6.07, 6.45) is 4.16. The molecule has 21 heavy (non-hydrogen) atoms. The van der Waals surface area contributed by atoms with Crippen LogP contribution in [0.2, 0.25) is 0 Å². The van der Waals surface area contributed by atoms with E-state index in [1.165, 1.54) is 6.08 Å². The third-order valence-corrected chi connectivity index (χ3v) is 4.60. The van der Waals surface area contributed by atoms with Gasteiger partial charge in [-0.15, -0.1) is 0 Å². The predicted octanol–water partition coefficient (Wildman–Crippen LogP) is 2.28. The topological polar surface area (TPSA) is 41.6 Å². The minimum absolute atomic E-state index is 0.00357. The van der Waals surface area contributed by atoms with Gasteiger partial charge in [-0.1, -0.05) is 24.8 Å². The van der Waals surface area contributed by atoms with Gasteiger partial charge >= 0.3 is 0 Å². The molecule has 1 aromatic carbocycles. The van der Waals surface area contributed by atoms with E-state index in [0.29, 0.717) is 0 Å². The maximum atomic E-state index is 11.7. The van der Waals surface area contributed by atoms with Gasteiger partial charge < -0.3 is 15.0 Å². The van der Waals surface area contributed by atoms with Gasteiger partial charge in [0.1, 0.15) is 11.4 Å². The van der Waals surface area contributed by atoms with E-state index in [9.17, 15) is 4.79 Å². The summed E-state index contributed by atoms with van der Waals surface area (Å²) >= 11 is 0. The Bertz CT molecular complexity index is 547. The number of benzene rings is 1. The number of rotatable bonds is 2. The second-order valence-corrected chi connectivity index (χ2v) is 6.10. The van der Waals surface area contributed by atoms with Crippen LogP contribution in [0.15, 0.2) is 36.9 Å². The highest BCUT2D eigenvalue weighted by atomic mass is 16.5. The maximum absolute atomic E-state index is 11.7. The van der Waals surface area contributed by atoms with E-state index in [-0.39, 0.29) is 17.6 Å². The summed E-state index contributed by atoms with van der Waals surface area (Å²) in [5, 5.41) is 3.06. The van der Waals surface area contributed by atoms with Crippen LogP contribution in [0.3, 0.4) is 0 Å². The lowest BCUT2D eigenvalue weighted by atomic mass is 9.80. The molecule has 3 rings (SSSR count). The molecule has 1 unspecified atom stereocenters. The van der Waals surface area contributed by atoms with Crippen molar-refractivity contribution in [3.05, 3.63) is 42.5 Å². The smallest absolute Gasteiger partial charge is 0.243 e. The first-order chi connectivity index (χ1) is 10.1. The summed E-state index contributed by atoms with van der Waals surface area (Å²) in [6.45, 7) is 5.61. The van der Waals surface area contributed by atoms with E-state index in [4.69, 9.17) is 4.74 Å². The number of nitrogens with zero attached hydrogens (tertiary/aromatic N) is 1. The van der Waals surface area contributed by atoms with Crippen molar-refractivity contribution in [1.82, 2.24) is 10.2 Å². The number of amides is 1. The monoisotopic (exact) mass is 286 g/mol. The van der Waals surface area contributed by atoms with Crippen molar-refractivity contribution in [2.24, 2.45) is 0 Å². The van der Waals surface area contributed by atoms with Crippen LogP contribution in [0.4, 0.5) is 0 Å². The molecule has 1 N–H and O–H groups in total. The Hall–Kier alpha value is -1.81. The van der Waals surface area contributed by atoms with Gasteiger partial charge in [-0.2, -0.15) is 0 Å². The number of para-hydroxylation sites is 1. The molecule has 112 valence electrons. The fraction of sp³-hybridized carbons (Fsp3) is 0.471. The molecule has 1 fully saturated rings. The SMILES string of the molecule is C=CC(=O)NC1CC2(CCN(C)CC2)Oc2ccccc21. The van der Waals surface area contributed by atoms with Gasteiger partial charge in [-0.05, 0) is 32.0 Å². The molecule has 2 heterocycles. The molecule has 2 aliphatic heterocycles. The molecule has 0 radical (unpaired) electrons. The van der Waals surface area contributed by atoms with Gasteiger partial charge in [-0.25, -0.2) is 0 Å². The Kier molecular flexibility index (Phi) is 3.72. The minimum Gasteiger partial charge on any atom is -0.487 e. The summed E-state index contributed by atoms with van der Waals surface area (Å²) in [6, 6.07) is 8.01. The highest BCUT2D eigenvalue weighted by Gasteiger charge is 2.42. The average Bonchev–Trinajstić information content (AvgIpc) is 2.50. The summed E-state index contributed by atoms with van der Waals surface area (Å²) in [5.74, 6) is 0.780.